The number of halogens is 1. The van der Waals surface area contributed by atoms with Crippen LogP contribution in [0.1, 0.15) is 30.4 Å². The molecule has 1 aliphatic heterocycles. The first-order valence-electron chi connectivity index (χ1n) is 11.0. The summed E-state index contributed by atoms with van der Waals surface area (Å²) in [5.41, 5.74) is 2.46. The van der Waals surface area contributed by atoms with Gasteiger partial charge < -0.3 is 19.7 Å². The van der Waals surface area contributed by atoms with Gasteiger partial charge in [0, 0.05) is 39.2 Å². The van der Waals surface area contributed by atoms with Crippen molar-refractivity contribution in [3.05, 3.63) is 71.8 Å². The molecule has 1 unspecified atom stereocenters. The van der Waals surface area contributed by atoms with E-state index >= 15 is 0 Å². The number of likely N-dealkylation sites (tertiary alicyclic amines) is 1. The van der Waals surface area contributed by atoms with E-state index < -0.39 is 0 Å². The highest BCUT2D eigenvalue weighted by atomic mass is 127. The average molecular weight is 537 g/mol. The first kappa shape index (κ1) is 25.6. The van der Waals surface area contributed by atoms with Crippen LogP contribution in [0.3, 0.4) is 0 Å². The third-order valence-corrected chi connectivity index (χ3v) is 5.37. The summed E-state index contributed by atoms with van der Waals surface area (Å²) in [5.74, 6) is 1.57. The number of hydrogen-bond acceptors (Lipinski definition) is 3. The van der Waals surface area contributed by atoms with E-state index in [1.807, 2.05) is 31.3 Å². The summed E-state index contributed by atoms with van der Waals surface area (Å²) in [6.07, 6.45) is 3.28. The maximum absolute atomic E-state index is 5.93. The van der Waals surface area contributed by atoms with Crippen molar-refractivity contribution >= 4 is 29.9 Å². The summed E-state index contributed by atoms with van der Waals surface area (Å²) in [6.45, 7) is 5.95. The molecule has 0 spiro atoms. The number of aliphatic imine (C=N–C) groups is 1. The van der Waals surface area contributed by atoms with Crippen molar-refractivity contribution in [1.82, 2.24) is 10.2 Å². The van der Waals surface area contributed by atoms with Crippen molar-refractivity contribution in [1.29, 1.82) is 0 Å². The zero-order valence-corrected chi connectivity index (χ0v) is 20.9. The molecule has 3 rings (SSSR count). The van der Waals surface area contributed by atoms with Gasteiger partial charge in [0.05, 0.1) is 19.8 Å². The highest BCUT2D eigenvalue weighted by molar-refractivity contribution is 14.0. The van der Waals surface area contributed by atoms with E-state index in [-0.39, 0.29) is 24.0 Å². The predicted octanol–water partition coefficient (Wildman–Crippen LogP) is 4.72. The number of hydrogen-bond donors (Lipinski definition) is 1. The standard InChI is InChI=1S/C25H35N3O2.HI/c1-26-25(27-15-8-9-17-29-19-22-10-4-2-5-11-22)28-16-14-24(18-28)21-30-20-23-12-6-3-7-13-23;/h2-7,10-13,24H,8-9,14-21H2,1H3,(H,26,27);1H. The van der Waals surface area contributed by atoms with Gasteiger partial charge in [-0.2, -0.15) is 0 Å². The van der Waals surface area contributed by atoms with Crippen LogP contribution in [0.4, 0.5) is 0 Å². The van der Waals surface area contributed by atoms with Crippen molar-refractivity contribution in [2.24, 2.45) is 10.9 Å². The van der Waals surface area contributed by atoms with Gasteiger partial charge in [-0.1, -0.05) is 60.7 Å². The number of nitrogens with zero attached hydrogens (tertiary/aromatic N) is 2. The normalized spacial score (nSPS) is 16.2. The Labute approximate surface area is 204 Å². The van der Waals surface area contributed by atoms with Gasteiger partial charge in [-0.3, -0.25) is 4.99 Å². The van der Waals surface area contributed by atoms with Gasteiger partial charge in [-0.25, -0.2) is 0 Å². The van der Waals surface area contributed by atoms with Crippen LogP contribution in [0, 0.1) is 5.92 Å². The monoisotopic (exact) mass is 537 g/mol. The minimum atomic E-state index is 0. The fraction of sp³-hybridized carbons (Fsp3) is 0.480. The Morgan fingerprint density at radius 1 is 0.968 bits per heavy atom. The molecule has 1 aliphatic rings. The van der Waals surface area contributed by atoms with E-state index in [2.05, 4.69) is 51.6 Å². The number of guanidine groups is 1. The molecule has 0 saturated carbocycles. The van der Waals surface area contributed by atoms with E-state index in [0.29, 0.717) is 19.1 Å². The second-order valence-electron chi connectivity index (χ2n) is 7.82. The molecule has 1 saturated heterocycles. The highest BCUT2D eigenvalue weighted by Crippen LogP contribution is 2.17. The van der Waals surface area contributed by atoms with Crippen molar-refractivity contribution < 1.29 is 9.47 Å². The fourth-order valence-corrected chi connectivity index (χ4v) is 3.70. The molecule has 2 aromatic carbocycles. The van der Waals surface area contributed by atoms with Crippen LogP contribution < -0.4 is 5.32 Å². The van der Waals surface area contributed by atoms with Crippen molar-refractivity contribution in [2.75, 3.05) is 39.9 Å². The van der Waals surface area contributed by atoms with Gasteiger partial charge in [0.15, 0.2) is 5.96 Å². The Hall–Kier alpha value is -1.64. The Kier molecular flexibility index (Phi) is 12.6. The summed E-state index contributed by atoms with van der Waals surface area (Å²) in [4.78, 5) is 6.82. The molecule has 0 bridgehead atoms. The maximum atomic E-state index is 5.93. The van der Waals surface area contributed by atoms with Crippen molar-refractivity contribution in [3.8, 4) is 0 Å². The summed E-state index contributed by atoms with van der Waals surface area (Å²) in [5, 5.41) is 3.50. The molecular formula is C25H36IN3O2. The van der Waals surface area contributed by atoms with Crippen LogP contribution in [-0.2, 0) is 22.7 Å². The first-order valence-corrected chi connectivity index (χ1v) is 11.0. The van der Waals surface area contributed by atoms with E-state index in [1.165, 1.54) is 11.1 Å². The zero-order valence-electron chi connectivity index (χ0n) is 18.5. The van der Waals surface area contributed by atoms with E-state index in [0.717, 1.165) is 58.1 Å². The minimum Gasteiger partial charge on any atom is -0.377 e. The SMILES string of the molecule is CN=C(NCCCCOCc1ccccc1)N1CCC(COCc2ccccc2)C1.I. The Morgan fingerprint density at radius 3 is 2.26 bits per heavy atom. The van der Waals surface area contributed by atoms with Gasteiger partial charge in [0.1, 0.15) is 0 Å². The summed E-state index contributed by atoms with van der Waals surface area (Å²) >= 11 is 0. The smallest absolute Gasteiger partial charge is 0.193 e. The number of rotatable bonds is 11. The third-order valence-electron chi connectivity index (χ3n) is 5.37. The summed E-state index contributed by atoms with van der Waals surface area (Å²) in [7, 11) is 1.87. The van der Waals surface area contributed by atoms with Crippen LogP contribution in [0.5, 0.6) is 0 Å². The van der Waals surface area contributed by atoms with Gasteiger partial charge in [0.2, 0.25) is 0 Å². The fourth-order valence-electron chi connectivity index (χ4n) is 3.70. The van der Waals surface area contributed by atoms with Gasteiger partial charge >= 0.3 is 0 Å². The van der Waals surface area contributed by atoms with E-state index in [1.54, 1.807) is 0 Å². The largest absolute Gasteiger partial charge is 0.377 e. The van der Waals surface area contributed by atoms with Gasteiger partial charge in [0.25, 0.3) is 0 Å². The molecular weight excluding hydrogens is 501 g/mol. The lowest BCUT2D eigenvalue weighted by atomic mass is 10.1. The Balaban J connectivity index is 0.00000341. The first-order chi connectivity index (χ1) is 14.8. The Morgan fingerprint density at radius 2 is 1.61 bits per heavy atom. The molecule has 0 amide bonds. The molecule has 31 heavy (non-hydrogen) atoms. The second kappa shape index (κ2) is 15.2. The van der Waals surface area contributed by atoms with Crippen LogP contribution in [-0.4, -0.2) is 50.8 Å². The van der Waals surface area contributed by atoms with Crippen molar-refractivity contribution in [3.63, 3.8) is 0 Å². The predicted molar refractivity (Wildman–Crippen MR) is 138 cm³/mol. The lowest BCUT2D eigenvalue weighted by Gasteiger charge is -2.21. The van der Waals surface area contributed by atoms with Gasteiger partial charge in [-0.15, -0.1) is 24.0 Å². The van der Waals surface area contributed by atoms with Crippen molar-refractivity contribution in [2.45, 2.75) is 32.5 Å². The van der Waals surface area contributed by atoms with E-state index in [9.17, 15) is 0 Å². The van der Waals surface area contributed by atoms with Crippen LogP contribution >= 0.6 is 24.0 Å². The average Bonchev–Trinajstić information content (AvgIpc) is 3.26. The molecule has 6 heteroatoms. The zero-order chi connectivity index (χ0) is 20.9. The van der Waals surface area contributed by atoms with E-state index in [4.69, 9.17) is 9.47 Å². The molecule has 0 aliphatic carbocycles. The number of benzene rings is 2. The summed E-state index contributed by atoms with van der Waals surface area (Å²) in [6, 6.07) is 20.7. The Bertz CT molecular complexity index is 743. The molecule has 1 fully saturated rings. The lowest BCUT2D eigenvalue weighted by molar-refractivity contribution is 0.0906. The maximum Gasteiger partial charge on any atom is 0.193 e. The molecule has 1 atom stereocenters. The minimum absolute atomic E-state index is 0. The van der Waals surface area contributed by atoms with Crippen LogP contribution in [0.15, 0.2) is 65.7 Å². The van der Waals surface area contributed by atoms with Crippen LogP contribution in [0.25, 0.3) is 0 Å². The lowest BCUT2D eigenvalue weighted by Crippen LogP contribution is -2.40. The number of unbranched alkanes of at least 4 members (excludes halogenated alkanes) is 1. The molecule has 2 aromatic rings. The quantitative estimate of drug-likeness (QED) is 0.195. The second-order valence-corrected chi connectivity index (χ2v) is 7.82. The molecule has 1 N–H and O–H groups in total. The topological polar surface area (TPSA) is 46.1 Å². The molecule has 170 valence electrons. The molecule has 5 nitrogen and oxygen atoms in total. The number of ether oxygens (including phenoxy) is 2. The van der Waals surface area contributed by atoms with Gasteiger partial charge in [-0.05, 0) is 30.4 Å². The molecule has 0 aromatic heterocycles. The molecule has 1 heterocycles. The summed E-state index contributed by atoms with van der Waals surface area (Å²) < 4.78 is 11.7. The highest BCUT2D eigenvalue weighted by Gasteiger charge is 2.24. The molecule has 0 radical (unpaired) electrons. The number of nitrogens with one attached hydrogen (secondary N) is 1. The third kappa shape index (κ3) is 9.58. The van der Waals surface area contributed by atoms with Crippen LogP contribution in [0.2, 0.25) is 0 Å².